The summed E-state index contributed by atoms with van der Waals surface area (Å²) in [7, 11) is 1.79. The number of hydrogen-bond donors (Lipinski definition) is 0. The van der Waals surface area contributed by atoms with Crippen LogP contribution in [0.2, 0.25) is 0 Å². The molecular weight excluding hydrogens is 314 g/mol. The molecule has 0 unspecified atom stereocenters. The second-order valence-electron chi connectivity index (χ2n) is 5.91. The number of nitrogens with zero attached hydrogens (tertiary/aromatic N) is 1. The van der Waals surface area contributed by atoms with E-state index in [0.717, 1.165) is 11.1 Å². The van der Waals surface area contributed by atoms with E-state index >= 15 is 0 Å². The first-order chi connectivity index (χ1) is 12.0. The van der Waals surface area contributed by atoms with Crippen molar-refractivity contribution in [2.24, 2.45) is 0 Å². The van der Waals surface area contributed by atoms with Crippen LogP contribution >= 0.6 is 0 Å². The van der Waals surface area contributed by atoms with Crippen molar-refractivity contribution < 1.29 is 14.3 Å². The van der Waals surface area contributed by atoms with E-state index in [1.165, 1.54) is 0 Å². The van der Waals surface area contributed by atoms with Gasteiger partial charge in [0, 0.05) is 19.2 Å². The predicted octanol–water partition coefficient (Wildman–Crippen LogP) is 4.16. The Hall–Kier alpha value is -2.75. The van der Waals surface area contributed by atoms with Gasteiger partial charge in [0.1, 0.15) is 13.2 Å². The van der Waals surface area contributed by atoms with Gasteiger partial charge in [0.25, 0.3) is 5.91 Å². The maximum absolute atomic E-state index is 12.7. The molecule has 0 saturated carbocycles. The zero-order valence-corrected chi connectivity index (χ0v) is 15.1. The molecule has 1 heterocycles. The van der Waals surface area contributed by atoms with Crippen molar-refractivity contribution in [3.63, 3.8) is 0 Å². The lowest BCUT2D eigenvalue weighted by Gasteiger charge is -2.21. The summed E-state index contributed by atoms with van der Waals surface area (Å²) < 4.78 is 11.0. The zero-order chi connectivity index (χ0) is 18.2. The minimum absolute atomic E-state index is 0.0509. The number of hydrogen-bond acceptors (Lipinski definition) is 3. The van der Waals surface area contributed by atoms with Gasteiger partial charge >= 0.3 is 0 Å². The van der Waals surface area contributed by atoms with Gasteiger partial charge < -0.3 is 14.4 Å². The lowest BCUT2D eigenvalue weighted by molar-refractivity contribution is 0.0805. The molecule has 0 atom stereocenters. The molecule has 1 aliphatic rings. The molecule has 4 nitrogen and oxygen atoms in total. The summed E-state index contributed by atoms with van der Waals surface area (Å²) in [6, 6.07) is 5.30. The van der Waals surface area contributed by atoms with Crippen molar-refractivity contribution >= 4 is 5.91 Å². The predicted molar refractivity (Wildman–Crippen MR) is 101 cm³/mol. The van der Waals surface area contributed by atoms with Crippen LogP contribution in [0.3, 0.4) is 0 Å². The van der Waals surface area contributed by atoms with E-state index in [4.69, 9.17) is 9.47 Å². The van der Waals surface area contributed by atoms with Gasteiger partial charge in [-0.25, -0.2) is 0 Å². The Bertz CT molecular complexity index is 729. The summed E-state index contributed by atoms with van der Waals surface area (Å²) in [5.74, 6) is 1.26. The van der Waals surface area contributed by atoms with E-state index in [1.54, 1.807) is 36.2 Å². The summed E-state index contributed by atoms with van der Waals surface area (Å²) in [4.78, 5) is 14.4. The SMILES string of the molecule is C=C/C=C(\C=C/C)/C=C(\C)CN(C)C(=O)c1ccc2c(c1)OCCO2. The van der Waals surface area contributed by atoms with Crippen molar-refractivity contribution in [1.82, 2.24) is 4.90 Å². The van der Waals surface area contributed by atoms with Gasteiger partial charge in [0.15, 0.2) is 11.5 Å². The minimum Gasteiger partial charge on any atom is -0.486 e. The Labute approximate surface area is 149 Å². The Balaban J connectivity index is 2.09. The molecule has 0 fully saturated rings. The highest BCUT2D eigenvalue weighted by Crippen LogP contribution is 2.31. The fourth-order valence-corrected chi connectivity index (χ4v) is 2.65. The molecule has 0 N–H and O–H groups in total. The number of fused-ring (bicyclic) bond motifs is 1. The van der Waals surface area contributed by atoms with Crippen molar-refractivity contribution in [2.45, 2.75) is 13.8 Å². The van der Waals surface area contributed by atoms with Crippen LogP contribution < -0.4 is 9.47 Å². The highest BCUT2D eigenvalue weighted by molar-refractivity contribution is 5.95. The third-order valence-electron chi connectivity index (χ3n) is 3.70. The Morgan fingerprint density at radius 2 is 2.00 bits per heavy atom. The van der Waals surface area contributed by atoms with E-state index in [9.17, 15) is 4.79 Å². The molecule has 0 aliphatic carbocycles. The number of amides is 1. The average molecular weight is 339 g/mol. The third-order valence-corrected chi connectivity index (χ3v) is 3.70. The maximum atomic E-state index is 12.7. The largest absolute Gasteiger partial charge is 0.486 e. The van der Waals surface area contributed by atoms with E-state index in [1.807, 2.05) is 32.1 Å². The van der Waals surface area contributed by atoms with Gasteiger partial charge in [-0.3, -0.25) is 4.79 Å². The molecule has 1 aliphatic heterocycles. The van der Waals surface area contributed by atoms with Gasteiger partial charge in [0.2, 0.25) is 0 Å². The van der Waals surface area contributed by atoms with E-state index in [0.29, 0.717) is 36.8 Å². The second-order valence-corrected chi connectivity index (χ2v) is 5.91. The molecule has 0 spiro atoms. The van der Waals surface area contributed by atoms with Gasteiger partial charge in [-0.2, -0.15) is 0 Å². The van der Waals surface area contributed by atoms with Gasteiger partial charge in [0.05, 0.1) is 0 Å². The number of rotatable bonds is 6. The van der Waals surface area contributed by atoms with Gasteiger partial charge in [-0.1, -0.05) is 42.5 Å². The Morgan fingerprint density at radius 3 is 2.68 bits per heavy atom. The van der Waals surface area contributed by atoms with Crippen LogP contribution in [0.25, 0.3) is 0 Å². The van der Waals surface area contributed by atoms with E-state index in [2.05, 4.69) is 12.7 Å². The lowest BCUT2D eigenvalue weighted by Crippen LogP contribution is -2.28. The number of benzene rings is 1. The van der Waals surface area contributed by atoms with Crippen LogP contribution in [0.4, 0.5) is 0 Å². The molecule has 1 aromatic carbocycles. The molecule has 132 valence electrons. The fourth-order valence-electron chi connectivity index (χ4n) is 2.65. The maximum Gasteiger partial charge on any atom is 0.254 e. The lowest BCUT2D eigenvalue weighted by atomic mass is 10.1. The first-order valence-electron chi connectivity index (χ1n) is 8.33. The number of ether oxygens (including phenoxy) is 2. The van der Waals surface area contributed by atoms with Gasteiger partial charge in [-0.05, 0) is 37.6 Å². The van der Waals surface area contributed by atoms with Crippen molar-refractivity contribution in [3.8, 4) is 11.5 Å². The highest BCUT2D eigenvalue weighted by Gasteiger charge is 2.17. The monoisotopic (exact) mass is 339 g/mol. The summed E-state index contributed by atoms with van der Waals surface area (Å²) in [6.07, 6.45) is 9.72. The second kappa shape index (κ2) is 8.92. The molecule has 1 amide bonds. The van der Waals surface area contributed by atoms with Crippen LogP contribution in [-0.2, 0) is 0 Å². The van der Waals surface area contributed by atoms with E-state index in [-0.39, 0.29) is 5.91 Å². The van der Waals surface area contributed by atoms with Crippen LogP contribution in [0.5, 0.6) is 11.5 Å². The van der Waals surface area contributed by atoms with E-state index < -0.39 is 0 Å². The fraction of sp³-hybridized carbons (Fsp3) is 0.286. The van der Waals surface area contributed by atoms with Crippen LogP contribution in [0.1, 0.15) is 24.2 Å². The smallest absolute Gasteiger partial charge is 0.254 e. The summed E-state index contributed by atoms with van der Waals surface area (Å²) in [6.45, 7) is 9.29. The standard InChI is InChI=1S/C21H25NO3/c1-5-7-17(8-6-2)13-16(3)15-22(4)21(23)18-9-10-19-20(14-18)25-12-11-24-19/h5-10,13-14H,1,11-12,15H2,2-4H3/b8-6-,16-13+,17-7+. The third kappa shape index (κ3) is 5.11. The zero-order valence-electron chi connectivity index (χ0n) is 15.1. The normalized spacial score (nSPS) is 14.5. The molecular formula is C21H25NO3. The molecule has 0 saturated heterocycles. The molecule has 2 rings (SSSR count). The molecule has 25 heavy (non-hydrogen) atoms. The van der Waals surface area contributed by atoms with Crippen LogP contribution in [0.15, 0.2) is 66.3 Å². The molecule has 0 bridgehead atoms. The number of likely N-dealkylation sites (N-methyl/N-ethyl adjacent to an activating group) is 1. The first kappa shape index (κ1) is 18.6. The number of carbonyl (C=O) groups excluding carboxylic acids is 1. The summed E-state index contributed by atoms with van der Waals surface area (Å²) in [5, 5.41) is 0. The Morgan fingerprint density at radius 1 is 1.28 bits per heavy atom. The molecule has 0 aromatic heterocycles. The number of carbonyl (C=O) groups is 1. The quantitative estimate of drug-likeness (QED) is 0.730. The number of allylic oxidation sites excluding steroid dienone is 6. The first-order valence-corrected chi connectivity index (χ1v) is 8.33. The molecule has 1 aromatic rings. The topological polar surface area (TPSA) is 38.8 Å². The van der Waals surface area contributed by atoms with Crippen molar-refractivity contribution in [2.75, 3.05) is 26.8 Å². The summed E-state index contributed by atoms with van der Waals surface area (Å²) >= 11 is 0. The summed E-state index contributed by atoms with van der Waals surface area (Å²) in [5.41, 5.74) is 2.73. The minimum atomic E-state index is -0.0509. The van der Waals surface area contributed by atoms with Gasteiger partial charge in [-0.15, -0.1) is 0 Å². The Kier molecular flexibility index (Phi) is 6.63. The molecule has 0 radical (unpaired) electrons. The highest BCUT2D eigenvalue weighted by atomic mass is 16.6. The average Bonchev–Trinajstić information content (AvgIpc) is 2.61. The van der Waals surface area contributed by atoms with Crippen molar-refractivity contribution in [3.05, 3.63) is 71.9 Å². The van der Waals surface area contributed by atoms with Crippen LogP contribution in [0, 0.1) is 0 Å². The molecule has 4 heteroatoms. The van der Waals surface area contributed by atoms with Crippen molar-refractivity contribution in [1.29, 1.82) is 0 Å². The van der Waals surface area contributed by atoms with Crippen LogP contribution in [-0.4, -0.2) is 37.6 Å².